The molecule has 0 saturated carbocycles. The highest BCUT2D eigenvalue weighted by molar-refractivity contribution is 6.01. The van der Waals surface area contributed by atoms with E-state index in [1.807, 2.05) is 18.4 Å². The predicted octanol–water partition coefficient (Wildman–Crippen LogP) is 2.37. The van der Waals surface area contributed by atoms with Gasteiger partial charge in [0, 0.05) is 6.04 Å². The first-order chi connectivity index (χ1) is 8.91. The van der Waals surface area contributed by atoms with Gasteiger partial charge in [-0.05, 0) is 39.3 Å². The molecule has 2 N–H and O–H groups in total. The summed E-state index contributed by atoms with van der Waals surface area (Å²) in [5, 5.41) is 18.8. The number of aliphatic hydroxyl groups excluding tert-OH is 1. The second-order valence-corrected chi connectivity index (χ2v) is 4.94. The van der Waals surface area contributed by atoms with Crippen LogP contribution in [0, 0.1) is 6.92 Å². The van der Waals surface area contributed by atoms with Crippen molar-refractivity contribution >= 4 is 17.0 Å². The molecule has 0 aliphatic heterocycles. The molecule has 0 amide bonds. The van der Waals surface area contributed by atoms with E-state index in [0.29, 0.717) is 17.5 Å². The summed E-state index contributed by atoms with van der Waals surface area (Å²) in [6, 6.07) is 5.07. The van der Waals surface area contributed by atoms with Gasteiger partial charge in [-0.3, -0.25) is 0 Å². The van der Waals surface area contributed by atoms with Crippen LogP contribution in [0.1, 0.15) is 42.5 Å². The van der Waals surface area contributed by atoms with Gasteiger partial charge in [-0.1, -0.05) is 6.07 Å². The summed E-state index contributed by atoms with van der Waals surface area (Å²) < 4.78 is 1.89. The minimum absolute atomic E-state index is 0.00880. The van der Waals surface area contributed by atoms with Crippen LogP contribution in [0.3, 0.4) is 0 Å². The SMILES string of the molecule is Cc1nc2cccc(C(=O)O)c2n1C(C)CC(C)O. The molecule has 0 aliphatic rings. The lowest BCUT2D eigenvalue weighted by atomic mass is 10.1. The number of para-hydroxylation sites is 1. The Morgan fingerprint density at radius 2 is 2.11 bits per heavy atom. The number of imidazole rings is 1. The van der Waals surface area contributed by atoms with Crippen LogP contribution in [0.2, 0.25) is 0 Å². The molecule has 2 rings (SSSR count). The first-order valence-corrected chi connectivity index (χ1v) is 6.30. The summed E-state index contributed by atoms with van der Waals surface area (Å²) >= 11 is 0. The van der Waals surface area contributed by atoms with Crippen LogP contribution >= 0.6 is 0 Å². The highest BCUT2D eigenvalue weighted by Crippen LogP contribution is 2.26. The largest absolute Gasteiger partial charge is 0.478 e. The minimum Gasteiger partial charge on any atom is -0.478 e. The second kappa shape index (κ2) is 5.01. The molecule has 0 aliphatic carbocycles. The maximum absolute atomic E-state index is 11.3. The summed E-state index contributed by atoms with van der Waals surface area (Å²) in [6.45, 7) is 5.53. The fourth-order valence-electron chi connectivity index (χ4n) is 2.58. The van der Waals surface area contributed by atoms with E-state index in [1.54, 1.807) is 25.1 Å². The van der Waals surface area contributed by atoms with Crippen LogP contribution in [-0.4, -0.2) is 31.8 Å². The molecule has 1 heterocycles. The van der Waals surface area contributed by atoms with E-state index >= 15 is 0 Å². The van der Waals surface area contributed by atoms with Gasteiger partial charge in [0.05, 0.1) is 22.7 Å². The fraction of sp³-hybridized carbons (Fsp3) is 0.429. The number of aryl methyl sites for hydroxylation is 1. The summed E-state index contributed by atoms with van der Waals surface area (Å²) in [5.41, 5.74) is 1.55. The Balaban J connectivity index is 2.65. The van der Waals surface area contributed by atoms with Gasteiger partial charge in [0.25, 0.3) is 0 Å². The van der Waals surface area contributed by atoms with Crippen LogP contribution in [0.4, 0.5) is 0 Å². The third-order valence-corrected chi connectivity index (χ3v) is 3.24. The van der Waals surface area contributed by atoms with Crippen LogP contribution in [-0.2, 0) is 0 Å². The molecule has 0 saturated heterocycles. The van der Waals surface area contributed by atoms with Crippen molar-refractivity contribution in [1.29, 1.82) is 0 Å². The standard InChI is InChI=1S/C14H18N2O3/c1-8(7-9(2)17)16-10(3)15-12-6-4-5-11(13(12)16)14(18)19/h4-6,8-9,17H,7H2,1-3H3,(H,18,19). The molecule has 0 fully saturated rings. The van der Waals surface area contributed by atoms with E-state index in [9.17, 15) is 15.0 Å². The number of carboxylic acids is 1. The molecule has 0 bridgehead atoms. The summed E-state index contributed by atoms with van der Waals surface area (Å²) in [7, 11) is 0. The molecule has 2 aromatic rings. The molecule has 19 heavy (non-hydrogen) atoms. The summed E-state index contributed by atoms with van der Waals surface area (Å²) in [6.07, 6.45) is 0.115. The van der Waals surface area contributed by atoms with Gasteiger partial charge in [-0.2, -0.15) is 0 Å². The maximum atomic E-state index is 11.3. The van der Waals surface area contributed by atoms with E-state index in [1.165, 1.54) is 0 Å². The summed E-state index contributed by atoms with van der Waals surface area (Å²) in [4.78, 5) is 15.7. The highest BCUT2D eigenvalue weighted by atomic mass is 16.4. The number of benzene rings is 1. The third kappa shape index (κ3) is 2.46. The number of nitrogens with zero attached hydrogens (tertiary/aromatic N) is 2. The minimum atomic E-state index is -0.962. The quantitative estimate of drug-likeness (QED) is 0.887. The number of hydrogen-bond donors (Lipinski definition) is 2. The van der Waals surface area contributed by atoms with Crippen LogP contribution in [0.5, 0.6) is 0 Å². The molecule has 5 heteroatoms. The lowest BCUT2D eigenvalue weighted by Gasteiger charge is -2.18. The summed E-state index contributed by atoms with van der Waals surface area (Å²) in [5.74, 6) is -0.201. The van der Waals surface area contributed by atoms with Gasteiger partial charge >= 0.3 is 5.97 Å². The molecule has 102 valence electrons. The smallest absolute Gasteiger partial charge is 0.337 e. The first-order valence-electron chi connectivity index (χ1n) is 6.30. The van der Waals surface area contributed by atoms with Gasteiger partial charge in [-0.15, -0.1) is 0 Å². The van der Waals surface area contributed by atoms with Gasteiger partial charge in [-0.25, -0.2) is 9.78 Å². The van der Waals surface area contributed by atoms with E-state index in [4.69, 9.17) is 0 Å². The Kier molecular flexibility index (Phi) is 3.57. The van der Waals surface area contributed by atoms with Crippen molar-refractivity contribution in [3.63, 3.8) is 0 Å². The van der Waals surface area contributed by atoms with E-state index in [2.05, 4.69) is 4.98 Å². The van der Waals surface area contributed by atoms with Gasteiger partial charge in [0.1, 0.15) is 5.82 Å². The van der Waals surface area contributed by atoms with Crippen molar-refractivity contribution in [3.8, 4) is 0 Å². The van der Waals surface area contributed by atoms with Gasteiger partial charge in [0.2, 0.25) is 0 Å². The Labute approximate surface area is 111 Å². The van der Waals surface area contributed by atoms with Crippen molar-refractivity contribution < 1.29 is 15.0 Å². The topological polar surface area (TPSA) is 75.3 Å². The van der Waals surface area contributed by atoms with Crippen LogP contribution in [0.15, 0.2) is 18.2 Å². The molecule has 1 aromatic carbocycles. The van der Waals surface area contributed by atoms with E-state index < -0.39 is 12.1 Å². The lowest BCUT2D eigenvalue weighted by Crippen LogP contribution is -2.14. The average Bonchev–Trinajstić information content (AvgIpc) is 2.63. The number of aromatic nitrogens is 2. The number of aromatic carboxylic acids is 1. The molecule has 0 radical (unpaired) electrons. The molecular weight excluding hydrogens is 244 g/mol. The zero-order valence-corrected chi connectivity index (χ0v) is 11.3. The number of rotatable bonds is 4. The Morgan fingerprint density at radius 1 is 1.42 bits per heavy atom. The van der Waals surface area contributed by atoms with Crippen molar-refractivity contribution in [2.24, 2.45) is 0 Å². The zero-order chi connectivity index (χ0) is 14.2. The maximum Gasteiger partial charge on any atom is 0.337 e. The van der Waals surface area contributed by atoms with Crippen LogP contribution < -0.4 is 0 Å². The van der Waals surface area contributed by atoms with Gasteiger partial charge in [0.15, 0.2) is 0 Å². The number of hydrogen-bond acceptors (Lipinski definition) is 3. The average molecular weight is 262 g/mol. The Morgan fingerprint density at radius 3 is 2.68 bits per heavy atom. The van der Waals surface area contributed by atoms with Crippen LogP contribution in [0.25, 0.3) is 11.0 Å². The third-order valence-electron chi connectivity index (χ3n) is 3.24. The molecule has 2 atom stereocenters. The Hall–Kier alpha value is -1.88. The molecule has 0 spiro atoms. The Bertz CT molecular complexity index is 616. The van der Waals surface area contributed by atoms with Crippen molar-refractivity contribution in [2.45, 2.75) is 39.3 Å². The van der Waals surface area contributed by atoms with Crippen molar-refractivity contribution in [2.75, 3.05) is 0 Å². The molecule has 1 aromatic heterocycles. The number of aliphatic hydroxyl groups is 1. The molecule has 2 unspecified atom stereocenters. The number of carbonyl (C=O) groups is 1. The highest BCUT2D eigenvalue weighted by Gasteiger charge is 2.19. The van der Waals surface area contributed by atoms with Crippen molar-refractivity contribution in [3.05, 3.63) is 29.6 Å². The fourth-order valence-corrected chi connectivity index (χ4v) is 2.58. The van der Waals surface area contributed by atoms with Crippen molar-refractivity contribution in [1.82, 2.24) is 9.55 Å². The van der Waals surface area contributed by atoms with Gasteiger partial charge < -0.3 is 14.8 Å². The lowest BCUT2D eigenvalue weighted by molar-refractivity contribution is 0.0698. The van der Waals surface area contributed by atoms with E-state index in [-0.39, 0.29) is 11.6 Å². The zero-order valence-electron chi connectivity index (χ0n) is 11.3. The number of fused-ring (bicyclic) bond motifs is 1. The monoisotopic (exact) mass is 262 g/mol. The normalized spacial score (nSPS) is 14.5. The second-order valence-electron chi connectivity index (χ2n) is 4.94. The van der Waals surface area contributed by atoms with E-state index in [0.717, 1.165) is 5.82 Å². The number of carboxylic acid groups (broad SMARTS) is 1. The molecule has 5 nitrogen and oxygen atoms in total. The molecular formula is C14H18N2O3. The predicted molar refractivity (Wildman–Crippen MR) is 72.4 cm³/mol. The first kappa shape index (κ1) is 13.5.